The predicted octanol–water partition coefficient (Wildman–Crippen LogP) is 6.34. The third-order valence-electron chi connectivity index (χ3n) is 7.11. The first kappa shape index (κ1) is 29.9. The number of benzene rings is 3. The molecule has 11 nitrogen and oxygen atoms in total. The summed E-state index contributed by atoms with van der Waals surface area (Å²) in [5.41, 5.74) is 1.15. The van der Waals surface area contributed by atoms with E-state index in [1.54, 1.807) is 67.8 Å². The maximum absolute atomic E-state index is 12.6. The molecule has 1 saturated carbocycles. The monoisotopic (exact) mass is 596 g/mol. The van der Waals surface area contributed by atoms with Crippen LogP contribution in [0.15, 0.2) is 91.1 Å². The number of methoxy groups -OCH3 is 1. The largest absolute Gasteiger partial charge is 0.497 e. The van der Waals surface area contributed by atoms with E-state index < -0.39 is 11.9 Å². The zero-order chi connectivity index (χ0) is 30.9. The predicted molar refractivity (Wildman–Crippen MR) is 164 cm³/mol. The molecule has 3 amide bonds. The molecule has 0 saturated heterocycles. The van der Waals surface area contributed by atoms with Gasteiger partial charge < -0.3 is 35.3 Å². The molecule has 4 aromatic rings. The third kappa shape index (κ3) is 8.03. The number of para-hydroxylation sites is 1. The molecular formula is C33H32N4O7. The fourth-order valence-corrected chi connectivity index (χ4v) is 4.80. The van der Waals surface area contributed by atoms with Crippen molar-refractivity contribution in [3.8, 4) is 23.1 Å². The first-order valence-corrected chi connectivity index (χ1v) is 14.1. The highest BCUT2D eigenvalue weighted by molar-refractivity contribution is 6.07. The van der Waals surface area contributed by atoms with Gasteiger partial charge in [0.1, 0.15) is 17.2 Å². The Bertz CT molecular complexity index is 1580. The lowest BCUT2D eigenvalue weighted by Gasteiger charge is -2.29. The van der Waals surface area contributed by atoms with Gasteiger partial charge in [0.2, 0.25) is 5.88 Å². The first-order valence-electron chi connectivity index (χ1n) is 14.1. The number of carboxylic acid groups (broad SMARTS) is 1. The van der Waals surface area contributed by atoms with Crippen LogP contribution in [0.3, 0.4) is 0 Å². The third-order valence-corrected chi connectivity index (χ3v) is 7.11. The number of carbonyl (C=O) groups excluding carboxylic acids is 2. The normalized spacial score (nSPS) is 15.8. The van der Waals surface area contributed by atoms with E-state index in [9.17, 15) is 19.5 Å². The van der Waals surface area contributed by atoms with Crippen molar-refractivity contribution in [2.75, 3.05) is 17.7 Å². The van der Waals surface area contributed by atoms with Crippen LogP contribution in [0.5, 0.6) is 23.1 Å². The summed E-state index contributed by atoms with van der Waals surface area (Å²) >= 11 is 0. The smallest absolute Gasteiger partial charge is 0.337 e. The number of urea groups is 1. The Morgan fingerprint density at radius 1 is 0.795 bits per heavy atom. The minimum absolute atomic E-state index is 0.00315. The zero-order valence-electron chi connectivity index (χ0n) is 24.0. The van der Waals surface area contributed by atoms with E-state index in [2.05, 4.69) is 20.9 Å². The number of carbonyl (C=O) groups is 3. The molecule has 1 aliphatic rings. The standard InChI is InChI=1S/C33H32N4O7/c1-42-24-11-7-22(8-12-24)35-33(41)36-23-9-13-25(14-10-23)43-26-15-17-27(18-16-26)44-30-19-6-21(20-34-30)31(38)37-29-5-3-2-4-28(29)32(39)40/h2-8,11-12,15-20,23,25H,9-10,13-14H2,1H3,(H,37,38)(H,39,40)(H2,35,36,41). The van der Waals surface area contributed by atoms with Crippen LogP contribution >= 0.6 is 0 Å². The van der Waals surface area contributed by atoms with E-state index >= 15 is 0 Å². The van der Waals surface area contributed by atoms with E-state index in [4.69, 9.17) is 14.2 Å². The van der Waals surface area contributed by atoms with Crippen molar-refractivity contribution < 1.29 is 33.7 Å². The van der Waals surface area contributed by atoms with Crippen LogP contribution in [0.25, 0.3) is 0 Å². The fraction of sp³-hybridized carbons (Fsp3) is 0.212. The van der Waals surface area contributed by atoms with Crippen molar-refractivity contribution in [1.29, 1.82) is 0 Å². The molecule has 5 rings (SSSR count). The Balaban J connectivity index is 1.05. The molecule has 0 radical (unpaired) electrons. The fourth-order valence-electron chi connectivity index (χ4n) is 4.80. The maximum atomic E-state index is 12.6. The summed E-state index contributed by atoms with van der Waals surface area (Å²) in [7, 11) is 1.60. The van der Waals surface area contributed by atoms with Gasteiger partial charge in [-0.3, -0.25) is 4.79 Å². The highest BCUT2D eigenvalue weighted by atomic mass is 16.5. The van der Waals surface area contributed by atoms with Crippen LogP contribution < -0.4 is 30.2 Å². The lowest BCUT2D eigenvalue weighted by molar-refractivity contribution is 0.0698. The van der Waals surface area contributed by atoms with Crippen molar-refractivity contribution in [2.24, 2.45) is 0 Å². The van der Waals surface area contributed by atoms with Crippen LogP contribution in [0.4, 0.5) is 16.2 Å². The molecule has 0 unspecified atom stereocenters. The van der Waals surface area contributed by atoms with Crippen molar-refractivity contribution in [3.05, 3.63) is 102 Å². The summed E-state index contributed by atoms with van der Waals surface area (Å²) in [5, 5.41) is 17.8. The first-order chi connectivity index (χ1) is 21.4. The second-order valence-corrected chi connectivity index (χ2v) is 10.2. The van der Waals surface area contributed by atoms with Gasteiger partial charge in [0.25, 0.3) is 5.91 Å². The van der Waals surface area contributed by atoms with Crippen molar-refractivity contribution >= 4 is 29.3 Å². The SMILES string of the molecule is COc1ccc(NC(=O)NC2CCC(Oc3ccc(Oc4ccc(C(=O)Nc5ccccc5C(=O)O)cn4)cc3)CC2)cc1. The van der Waals surface area contributed by atoms with Crippen molar-refractivity contribution in [3.63, 3.8) is 0 Å². The molecule has 0 spiro atoms. The van der Waals surface area contributed by atoms with Crippen LogP contribution in [0.2, 0.25) is 0 Å². The van der Waals surface area contributed by atoms with Gasteiger partial charge in [0.15, 0.2) is 0 Å². The molecule has 11 heteroatoms. The van der Waals surface area contributed by atoms with E-state index in [1.165, 1.54) is 18.3 Å². The van der Waals surface area contributed by atoms with Crippen LogP contribution in [0.1, 0.15) is 46.4 Å². The number of anilines is 2. The number of carboxylic acids is 1. The number of nitrogens with zero attached hydrogens (tertiary/aromatic N) is 1. The Hall–Kier alpha value is -5.58. The number of aromatic nitrogens is 1. The molecule has 1 heterocycles. The van der Waals surface area contributed by atoms with Crippen LogP contribution in [0, 0.1) is 0 Å². The van der Waals surface area contributed by atoms with Gasteiger partial charge in [-0.25, -0.2) is 14.6 Å². The van der Waals surface area contributed by atoms with Crippen LogP contribution in [-0.2, 0) is 0 Å². The average Bonchev–Trinajstić information content (AvgIpc) is 3.04. The summed E-state index contributed by atoms with van der Waals surface area (Å²) in [6, 6.07) is 23.5. The van der Waals surface area contributed by atoms with Gasteiger partial charge in [0, 0.05) is 24.0 Å². The maximum Gasteiger partial charge on any atom is 0.337 e. The van der Waals surface area contributed by atoms with Crippen molar-refractivity contribution in [2.45, 2.75) is 37.8 Å². The summed E-state index contributed by atoms with van der Waals surface area (Å²) in [6.45, 7) is 0. The number of nitrogens with one attached hydrogen (secondary N) is 3. The van der Waals surface area contributed by atoms with Crippen molar-refractivity contribution in [1.82, 2.24) is 10.3 Å². The molecule has 0 atom stereocenters. The van der Waals surface area contributed by atoms with Gasteiger partial charge >= 0.3 is 12.0 Å². The number of pyridine rings is 1. The minimum atomic E-state index is -1.13. The average molecular weight is 597 g/mol. The Labute approximate surface area is 254 Å². The van der Waals surface area contributed by atoms with Gasteiger partial charge in [0.05, 0.1) is 30.0 Å². The molecule has 1 fully saturated rings. The molecule has 4 N–H and O–H groups in total. The lowest BCUT2D eigenvalue weighted by atomic mass is 9.93. The molecule has 0 aliphatic heterocycles. The molecule has 226 valence electrons. The topological polar surface area (TPSA) is 148 Å². The Morgan fingerprint density at radius 3 is 2.14 bits per heavy atom. The lowest BCUT2D eigenvalue weighted by Crippen LogP contribution is -2.41. The zero-order valence-corrected chi connectivity index (χ0v) is 24.0. The second-order valence-electron chi connectivity index (χ2n) is 10.2. The Kier molecular flexibility index (Phi) is 9.55. The number of rotatable bonds is 10. The summed E-state index contributed by atoms with van der Waals surface area (Å²) in [4.78, 5) is 40.5. The Morgan fingerprint density at radius 2 is 1.48 bits per heavy atom. The summed E-state index contributed by atoms with van der Waals surface area (Å²) in [5.74, 6) is 0.669. The number of aromatic carboxylic acids is 1. The second kappa shape index (κ2) is 14.1. The highest BCUT2D eigenvalue weighted by Crippen LogP contribution is 2.27. The number of amides is 3. The number of ether oxygens (including phenoxy) is 3. The summed E-state index contributed by atoms with van der Waals surface area (Å²) < 4.78 is 17.1. The van der Waals surface area contributed by atoms with Gasteiger partial charge in [-0.2, -0.15) is 0 Å². The molecule has 0 bridgehead atoms. The van der Waals surface area contributed by atoms with E-state index in [0.29, 0.717) is 23.1 Å². The molecular weight excluding hydrogens is 564 g/mol. The van der Waals surface area contributed by atoms with E-state index in [-0.39, 0.29) is 35.0 Å². The quantitative estimate of drug-likeness (QED) is 0.166. The van der Waals surface area contributed by atoms with Gasteiger partial charge in [-0.15, -0.1) is 0 Å². The summed E-state index contributed by atoms with van der Waals surface area (Å²) in [6.07, 6.45) is 4.67. The number of hydrogen-bond donors (Lipinski definition) is 4. The van der Waals surface area contributed by atoms with Gasteiger partial charge in [-0.05, 0) is 92.4 Å². The van der Waals surface area contributed by atoms with E-state index in [0.717, 1.165) is 31.4 Å². The van der Waals surface area contributed by atoms with Crippen LogP contribution in [-0.4, -0.2) is 47.3 Å². The molecule has 44 heavy (non-hydrogen) atoms. The minimum Gasteiger partial charge on any atom is -0.497 e. The highest BCUT2D eigenvalue weighted by Gasteiger charge is 2.24. The molecule has 3 aromatic carbocycles. The van der Waals surface area contributed by atoms with Gasteiger partial charge in [-0.1, -0.05) is 12.1 Å². The molecule has 1 aliphatic carbocycles. The van der Waals surface area contributed by atoms with E-state index in [1.807, 2.05) is 12.1 Å². The molecule has 1 aromatic heterocycles. The number of hydrogen-bond acceptors (Lipinski definition) is 7.